The van der Waals surface area contributed by atoms with E-state index in [9.17, 15) is 5.11 Å². The summed E-state index contributed by atoms with van der Waals surface area (Å²) < 4.78 is 0. The molecule has 2 nitrogen and oxygen atoms in total. The minimum Gasteiger partial charge on any atom is -0.386 e. The molecule has 1 aromatic rings. The Kier molecular flexibility index (Phi) is 5.52. The van der Waals surface area contributed by atoms with Crippen molar-refractivity contribution in [2.75, 3.05) is 13.1 Å². The number of nitrogens with zero attached hydrogens (tertiary/aromatic N) is 1. The van der Waals surface area contributed by atoms with Gasteiger partial charge in [-0.2, -0.15) is 0 Å². The van der Waals surface area contributed by atoms with E-state index in [-0.39, 0.29) is 0 Å². The van der Waals surface area contributed by atoms with E-state index in [1.165, 1.54) is 5.56 Å². The molecule has 0 heterocycles. The Labute approximate surface area is 117 Å². The van der Waals surface area contributed by atoms with Crippen molar-refractivity contribution in [2.45, 2.75) is 32.4 Å². The van der Waals surface area contributed by atoms with E-state index in [2.05, 4.69) is 37.1 Å². The molecule has 1 N–H and O–H groups in total. The maximum absolute atomic E-state index is 9.96. The lowest BCUT2D eigenvalue weighted by Crippen LogP contribution is -2.27. The summed E-state index contributed by atoms with van der Waals surface area (Å²) >= 11 is 0. The Morgan fingerprint density at radius 3 is 2.00 bits per heavy atom. The van der Waals surface area contributed by atoms with Crippen LogP contribution in [0.4, 0.5) is 0 Å². The molecule has 1 unspecified atom stereocenters. The third kappa shape index (κ3) is 4.34. The maximum Gasteiger partial charge on any atom is 0.0840 e. The van der Waals surface area contributed by atoms with E-state index >= 15 is 0 Å². The van der Waals surface area contributed by atoms with Crippen LogP contribution in [-0.4, -0.2) is 23.1 Å². The second kappa shape index (κ2) is 6.69. The van der Waals surface area contributed by atoms with Gasteiger partial charge in [-0.05, 0) is 31.9 Å². The van der Waals surface area contributed by atoms with Gasteiger partial charge in [-0.15, -0.1) is 13.2 Å². The quantitative estimate of drug-likeness (QED) is 0.756. The third-order valence-electron chi connectivity index (χ3n) is 3.37. The van der Waals surface area contributed by atoms with E-state index in [1.54, 1.807) is 13.8 Å². The molecule has 0 fully saturated rings. The van der Waals surface area contributed by atoms with Gasteiger partial charge in [0.05, 0.1) is 5.60 Å². The predicted octanol–water partition coefficient (Wildman–Crippen LogP) is 3.65. The zero-order chi connectivity index (χ0) is 14.5. The minimum absolute atomic E-state index is 0.298. The Hall–Kier alpha value is -1.38. The molecule has 0 spiro atoms. The van der Waals surface area contributed by atoms with Crippen LogP contribution < -0.4 is 0 Å². The van der Waals surface area contributed by atoms with E-state index in [0.717, 1.165) is 18.7 Å². The summed E-state index contributed by atoms with van der Waals surface area (Å²) in [6, 6.07) is 8.44. The van der Waals surface area contributed by atoms with Crippen molar-refractivity contribution < 1.29 is 5.11 Å². The molecule has 0 aromatic heterocycles. The molecule has 0 saturated carbocycles. The zero-order valence-corrected chi connectivity index (χ0v) is 12.3. The first kappa shape index (κ1) is 15.7. The van der Waals surface area contributed by atoms with Crippen LogP contribution in [-0.2, 0) is 5.60 Å². The average Bonchev–Trinajstić information content (AvgIpc) is 2.37. The minimum atomic E-state index is -0.788. The standard InChI is InChI=1S/C17H25NO/c1-6-12-18(13-7-2)14(3)15-8-10-16(11-9-15)17(4,5)19/h6-11,14,19H,1-2,12-13H2,3-5H3. The highest BCUT2D eigenvalue weighted by molar-refractivity contribution is 5.28. The molecule has 0 amide bonds. The third-order valence-corrected chi connectivity index (χ3v) is 3.37. The van der Waals surface area contributed by atoms with Gasteiger partial charge < -0.3 is 5.11 Å². The number of rotatable bonds is 7. The van der Waals surface area contributed by atoms with Crippen LogP contribution in [0.2, 0.25) is 0 Å². The monoisotopic (exact) mass is 259 g/mol. The number of hydrogen-bond acceptors (Lipinski definition) is 2. The number of hydrogen-bond donors (Lipinski definition) is 1. The van der Waals surface area contributed by atoms with Gasteiger partial charge in [0.15, 0.2) is 0 Å². The molecule has 0 aliphatic rings. The Balaban J connectivity index is 2.89. The first-order valence-electron chi connectivity index (χ1n) is 6.68. The van der Waals surface area contributed by atoms with Crippen molar-refractivity contribution in [3.8, 4) is 0 Å². The summed E-state index contributed by atoms with van der Waals surface area (Å²) in [5.41, 5.74) is 1.38. The Morgan fingerprint density at radius 1 is 1.16 bits per heavy atom. The predicted molar refractivity (Wildman–Crippen MR) is 82.1 cm³/mol. The van der Waals surface area contributed by atoms with Gasteiger partial charge in [-0.1, -0.05) is 36.4 Å². The van der Waals surface area contributed by atoms with Crippen LogP contribution >= 0.6 is 0 Å². The molecule has 1 rings (SSSR count). The van der Waals surface area contributed by atoms with Crippen molar-refractivity contribution in [3.63, 3.8) is 0 Å². The molecule has 1 aromatic carbocycles. The molecule has 104 valence electrons. The Morgan fingerprint density at radius 2 is 1.63 bits per heavy atom. The molecule has 0 aliphatic heterocycles. The van der Waals surface area contributed by atoms with Crippen LogP contribution in [0.25, 0.3) is 0 Å². The fourth-order valence-electron chi connectivity index (χ4n) is 2.10. The van der Waals surface area contributed by atoms with E-state index < -0.39 is 5.60 Å². The van der Waals surface area contributed by atoms with Gasteiger partial charge in [0.2, 0.25) is 0 Å². The summed E-state index contributed by atoms with van der Waals surface area (Å²) in [5, 5.41) is 9.96. The zero-order valence-electron chi connectivity index (χ0n) is 12.3. The van der Waals surface area contributed by atoms with Gasteiger partial charge in [-0.3, -0.25) is 4.90 Å². The highest BCUT2D eigenvalue weighted by Crippen LogP contribution is 2.24. The van der Waals surface area contributed by atoms with Crippen molar-refractivity contribution in [2.24, 2.45) is 0 Å². The molecule has 1 atom stereocenters. The van der Waals surface area contributed by atoms with Crippen molar-refractivity contribution in [3.05, 3.63) is 60.7 Å². The lowest BCUT2D eigenvalue weighted by Gasteiger charge is -2.27. The van der Waals surface area contributed by atoms with Crippen molar-refractivity contribution in [1.29, 1.82) is 0 Å². The second-order valence-electron chi connectivity index (χ2n) is 5.39. The van der Waals surface area contributed by atoms with Crippen LogP contribution in [0, 0.1) is 0 Å². The van der Waals surface area contributed by atoms with Crippen molar-refractivity contribution in [1.82, 2.24) is 4.90 Å². The fourth-order valence-corrected chi connectivity index (χ4v) is 2.10. The first-order valence-corrected chi connectivity index (χ1v) is 6.68. The number of aliphatic hydroxyl groups is 1. The number of benzene rings is 1. The highest BCUT2D eigenvalue weighted by Gasteiger charge is 2.17. The van der Waals surface area contributed by atoms with E-state index in [0.29, 0.717) is 6.04 Å². The van der Waals surface area contributed by atoms with E-state index in [4.69, 9.17) is 0 Å². The summed E-state index contributed by atoms with van der Waals surface area (Å²) in [6.07, 6.45) is 3.82. The van der Waals surface area contributed by atoms with Gasteiger partial charge in [0.25, 0.3) is 0 Å². The van der Waals surface area contributed by atoms with Crippen LogP contribution in [0.15, 0.2) is 49.6 Å². The Bertz CT molecular complexity index is 404. The van der Waals surface area contributed by atoms with E-state index in [1.807, 2.05) is 24.3 Å². The molecular formula is C17H25NO. The molecule has 0 aliphatic carbocycles. The summed E-state index contributed by atoms with van der Waals surface area (Å²) in [5.74, 6) is 0. The second-order valence-corrected chi connectivity index (χ2v) is 5.39. The molecule has 0 bridgehead atoms. The smallest absolute Gasteiger partial charge is 0.0840 e. The molecule has 0 saturated heterocycles. The van der Waals surface area contributed by atoms with Crippen LogP contribution in [0.3, 0.4) is 0 Å². The maximum atomic E-state index is 9.96. The molecule has 2 heteroatoms. The van der Waals surface area contributed by atoms with Crippen molar-refractivity contribution >= 4 is 0 Å². The molecule has 0 radical (unpaired) electrons. The van der Waals surface area contributed by atoms with Crippen LogP contribution in [0.5, 0.6) is 0 Å². The summed E-state index contributed by atoms with van der Waals surface area (Å²) in [7, 11) is 0. The van der Waals surface area contributed by atoms with Gasteiger partial charge in [-0.25, -0.2) is 0 Å². The first-order chi connectivity index (χ1) is 8.90. The summed E-state index contributed by atoms with van der Waals surface area (Å²) in [4.78, 5) is 2.29. The topological polar surface area (TPSA) is 23.5 Å². The molecule has 19 heavy (non-hydrogen) atoms. The normalized spacial score (nSPS) is 13.3. The SMILES string of the molecule is C=CCN(CC=C)C(C)c1ccc(C(C)(C)O)cc1. The fraction of sp³-hybridized carbons (Fsp3) is 0.412. The molecular weight excluding hydrogens is 234 g/mol. The van der Waals surface area contributed by atoms with Gasteiger partial charge >= 0.3 is 0 Å². The largest absolute Gasteiger partial charge is 0.386 e. The van der Waals surface area contributed by atoms with Gasteiger partial charge in [0, 0.05) is 19.1 Å². The van der Waals surface area contributed by atoms with Gasteiger partial charge in [0.1, 0.15) is 0 Å². The summed E-state index contributed by atoms with van der Waals surface area (Å²) in [6.45, 7) is 15.0. The highest BCUT2D eigenvalue weighted by atomic mass is 16.3. The van der Waals surface area contributed by atoms with Crippen LogP contribution in [0.1, 0.15) is 37.9 Å². The lowest BCUT2D eigenvalue weighted by atomic mass is 9.95. The average molecular weight is 259 g/mol. The lowest BCUT2D eigenvalue weighted by molar-refractivity contribution is 0.0785.